The van der Waals surface area contributed by atoms with Crippen molar-refractivity contribution < 1.29 is 0 Å². The monoisotopic (exact) mass is 647 g/mol. The van der Waals surface area contributed by atoms with Crippen LogP contribution in [0.2, 0.25) is 0 Å². The van der Waals surface area contributed by atoms with Gasteiger partial charge in [0, 0.05) is 0 Å². The summed E-state index contributed by atoms with van der Waals surface area (Å²) in [7, 11) is 0.892. The summed E-state index contributed by atoms with van der Waals surface area (Å²) in [5, 5.41) is 0. The molecule has 0 aliphatic rings. The van der Waals surface area contributed by atoms with Crippen molar-refractivity contribution in [2.45, 2.75) is 258 Å². The van der Waals surface area contributed by atoms with Gasteiger partial charge in [0.25, 0.3) is 0 Å². The van der Waals surface area contributed by atoms with Crippen LogP contribution in [-0.4, -0.2) is 0 Å². The first kappa shape index (κ1) is 44.9. The molecule has 0 atom stereocenters. The summed E-state index contributed by atoms with van der Waals surface area (Å²) in [6.45, 7) is 4.62. The Balaban J connectivity index is 3.14. The molecular weight excluding hydrogens is 559 g/mol. The van der Waals surface area contributed by atoms with E-state index < -0.39 is 0 Å². The molecule has 0 aromatic heterocycles. The van der Waals surface area contributed by atoms with Crippen molar-refractivity contribution in [3.63, 3.8) is 0 Å². The zero-order chi connectivity index (χ0) is 32.4. The zero-order valence-electron chi connectivity index (χ0n) is 31.7. The maximum absolute atomic E-state index is 2.44. The second-order valence-electron chi connectivity index (χ2n) is 14.6. The molecule has 0 fully saturated rings. The van der Waals surface area contributed by atoms with E-state index in [1.807, 2.05) is 0 Å². The van der Waals surface area contributed by atoms with Crippen molar-refractivity contribution >= 4 is 8.58 Å². The third-order valence-electron chi connectivity index (χ3n) is 9.88. The van der Waals surface area contributed by atoms with Gasteiger partial charge in [0.05, 0.1) is 0 Å². The van der Waals surface area contributed by atoms with Crippen LogP contribution < -0.4 is 0 Å². The van der Waals surface area contributed by atoms with Crippen molar-refractivity contribution in [2.75, 3.05) is 0 Å². The van der Waals surface area contributed by atoms with E-state index in [1.165, 1.54) is 244 Å². The Labute approximate surface area is 289 Å². The average molecular weight is 647 g/mol. The van der Waals surface area contributed by atoms with Gasteiger partial charge < -0.3 is 0 Å². The maximum Gasteiger partial charge on any atom is -0.0347 e. The number of hydrogen-bond donors (Lipinski definition) is 0. The van der Waals surface area contributed by atoms with Crippen molar-refractivity contribution in [2.24, 2.45) is 0 Å². The fraction of sp³-hybridized carbons (Fsp3) is 0.909. The van der Waals surface area contributed by atoms with E-state index >= 15 is 0 Å². The van der Waals surface area contributed by atoms with Gasteiger partial charge in [0.15, 0.2) is 0 Å². The number of hydrogen-bond acceptors (Lipinski definition) is 0. The highest BCUT2D eigenvalue weighted by atomic mass is 31.1. The molecule has 268 valence electrons. The molecule has 0 spiro atoms. The summed E-state index contributed by atoms with van der Waals surface area (Å²) in [6.07, 6.45) is 60.0. The van der Waals surface area contributed by atoms with E-state index in [0.717, 1.165) is 8.58 Å². The van der Waals surface area contributed by atoms with Gasteiger partial charge in [-0.05, 0) is 25.7 Å². The fourth-order valence-electron chi connectivity index (χ4n) is 6.69. The smallest absolute Gasteiger partial charge is 0.0347 e. The molecule has 0 nitrogen and oxygen atoms in total. The van der Waals surface area contributed by atoms with Crippen LogP contribution in [0.1, 0.15) is 258 Å². The Kier molecular flexibility index (Phi) is 43.8. The van der Waals surface area contributed by atoms with Gasteiger partial charge in [-0.15, -0.1) is 0 Å². The van der Waals surface area contributed by atoms with E-state index in [2.05, 4.69) is 37.6 Å². The summed E-state index contributed by atoms with van der Waals surface area (Å²) >= 11 is 0. The Morgan fingerprint density at radius 1 is 0.244 bits per heavy atom. The summed E-state index contributed by atoms with van der Waals surface area (Å²) in [5.74, 6) is 4.83. The van der Waals surface area contributed by atoms with Crippen LogP contribution >= 0.6 is 8.58 Å². The Morgan fingerprint density at radius 3 is 0.622 bits per heavy atom. The Morgan fingerprint density at radius 2 is 0.422 bits per heavy atom. The lowest BCUT2D eigenvalue weighted by molar-refractivity contribution is 0.525. The molecule has 0 aromatic rings. The first-order chi connectivity index (χ1) is 22.4. The topological polar surface area (TPSA) is 0 Å². The van der Waals surface area contributed by atoms with Crippen molar-refractivity contribution in [3.8, 4) is 0 Å². The average Bonchev–Trinajstić information content (AvgIpc) is 3.05. The van der Waals surface area contributed by atoms with E-state index in [9.17, 15) is 0 Å². The molecule has 0 aromatic carbocycles. The van der Waals surface area contributed by atoms with E-state index in [1.54, 1.807) is 0 Å². The van der Waals surface area contributed by atoms with Crippen LogP contribution in [0.3, 0.4) is 0 Å². The van der Waals surface area contributed by atoms with Gasteiger partial charge in [-0.2, -0.15) is 0 Å². The minimum atomic E-state index is 0.892. The van der Waals surface area contributed by atoms with Gasteiger partial charge >= 0.3 is 0 Å². The lowest BCUT2D eigenvalue weighted by Gasteiger charge is -2.03. The van der Waals surface area contributed by atoms with Gasteiger partial charge in [-0.25, -0.2) is 0 Å². The maximum atomic E-state index is 2.44. The summed E-state index contributed by atoms with van der Waals surface area (Å²) in [6, 6.07) is 0. The minimum Gasteiger partial charge on any atom is -0.0840 e. The first-order valence-corrected chi connectivity index (χ1v) is 22.6. The molecular formula is C44H87P. The molecule has 0 rings (SSSR count). The first-order valence-electron chi connectivity index (χ1n) is 21.5. The largest absolute Gasteiger partial charge is 0.0840 e. The van der Waals surface area contributed by atoms with E-state index in [-0.39, 0.29) is 0 Å². The molecule has 0 aliphatic heterocycles. The van der Waals surface area contributed by atoms with Gasteiger partial charge in [-0.1, -0.05) is 265 Å². The zero-order valence-corrected chi connectivity index (χ0v) is 32.7. The van der Waals surface area contributed by atoms with E-state index in [0.29, 0.717) is 0 Å². The standard InChI is InChI=1S/C44H87P/c1-3-5-7-9-11-13-15-17-19-21-23-25-27-29-31-33-35-37-39-41-43-45-44-42-40-38-36-34-32-30-28-26-24-22-20-18-16-14-12-10-8-6-4-2/h41-45H,3-40H2,1-2H3. The van der Waals surface area contributed by atoms with Crippen LogP contribution in [0.4, 0.5) is 0 Å². The van der Waals surface area contributed by atoms with Gasteiger partial charge in [0.2, 0.25) is 0 Å². The SMILES string of the molecule is CCCCCCCCCCCCCCCCCCCCC=CPC=CCCCCCCCCCCCCCCCCCCCC. The second-order valence-corrected chi connectivity index (χ2v) is 15.6. The molecule has 0 N–H and O–H groups in total. The third kappa shape index (κ3) is 43.9. The third-order valence-corrected chi connectivity index (χ3v) is 10.7. The number of unbranched alkanes of at least 4 members (excludes halogenated alkanes) is 36. The van der Waals surface area contributed by atoms with Crippen molar-refractivity contribution in [1.82, 2.24) is 0 Å². The molecule has 0 bridgehead atoms. The highest BCUT2D eigenvalue weighted by Crippen LogP contribution is 2.18. The summed E-state index contributed by atoms with van der Waals surface area (Å²) in [4.78, 5) is 0. The lowest BCUT2D eigenvalue weighted by Crippen LogP contribution is -1.84. The van der Waals surface area contributed by atoms with Gasteiger partial charge in [0.1, 0.15) is 0 Å². The molecule has 0 saturated carbocycles. The molecule has 45 heavy (non-hydrogen) atoms. The predicted octanol–water partition coefficient (Wildman–Crippen LogP) is 17.6. The minimum absolute atomic E-state index is 0.892. The van der Waals surface area contributed by atoms with Crippen LogP contribution in [0, 0.1) is 0 Å². The fourth-order valence-corrected chi connectivity index (χ4v) is 7.40. The quantitative estimate of drug-likeness (QED) is 0.0459. The van der Waals surface area contributed by atoms with Gasteiger partial charge in [-0.3, -0.25) is 0 Å². The second kappa shape index (κ2) is 43.9. The molecule has 0 aliphatic carbocycles. The summed E-state index contributed by atoms with van der Waals surface area (Å²) < 4.78 is 0. The molecule has 0 saturated heterocycles. The lowest BCUT2D eigenvalue weighted by atomic mass is 10.0. The number of allylic oxidation sites excluding steroid dienone is 2. The Bertz CT molecular complexity index is 501. The Hall–Kier alpha value is -0.0900. The highest BCUT2D eigenvalue weighted by molar-refractivity contribution is 7.45. The molecule has 0 unspecified atom stereocenters. The van der Waals surface area contributed by atoms with Crippen molar-refractivity contribution in [1.29, 1.82) is 0 Å². The molecule has 1 heteroatoms. The van der Waals surface area contributed by atoms with E-state index in [4.69, 9.17) is 0 Å². The summed E-state index contributed by atoms with van der Waals surface area (Å²) in [5.41, 5.74) is 0. The predicted molar refractivity (Wildman–Crippen MR) is 213 cm³/mol. The molecule has 0 amide bonds. The number of rotatable bonds is 40. The highest BCUT2D eigenvalue weighted by Gasteiger charge is 1.96. The van der Waals surface area contributed by atoms with Crippen LogP contribution in [-0.2, 0) is 0 Å². The van der Waals surface area contributed by atoms with Crippen molar-refractivity contribution in [3.05, 3.63) is 23.8 Å². The molecule has 0 radical (unpaired) electrons. The normalized spacial score (nSPS) is 12.2. The van der Waals surface area contributed by atoms with Crippen LogP contribution in [0.15, 0.2) is 23.8 Å². The van der Waals surface area contributed by atoms with Crippen LogP contribution in [0.25, 0.3) is 0 Å². The molecule has 0 heterocycles. The van der Waals surface area contributed by atoms with Crippen LogP contribution in [0.5, 0.6) is 0 Å².